The molecule has 0 radical (unpaired) electrons. The van der Waals surface area contributed by atoms with Crippen molar-refractivity contribution in [1.82, 2.24) is 16.0 Å². The lowest BCUT2D eigenvalue weighted by Crippen LogP contribution is -2.44. The van der Waals surface area contributed by atoms with Crippen LogP contribution in [0.25, 0.3) is 0 Å². The first-order chi connectivity index (χ1) is 14.1. The molecule has 162 valence electrons. The number of hydrogen-bond acceptors (Lipinski definition) is 4. The number of thioether (sulfide) groups is 1. The molecule has 8 heteroatoms. The first kappa shape index (κ1) is 24.3. The van der Waals surface area contributed by atoms with Gasteiger partial charge in [0.05, 0.1) is 7.11 Å². The molecular weight excluding hydrogens is 511 g/mol. The van der Waals surface area contributed by atoms with Crippen molar-refractivity contribution in [2.75, 3.05) is 33.8 Å². The maximum absolute atomic E-state index is 12.2. The van der Waals surface area contributed by atoms with Crippen molar-refractivity contribution in [1.29, 1.82) is 0 Å². The molecule has 0 aliphatic heterocycles. The van der Waals surface area contributed by atoms with Crippen molar-refractivity contribution < 1.29 is 9.53 Å². The number of amides is 1. The number of aliphatic imine (C=N–C) groups is 1. The van der Waals surface area contributed by atoms with Crippen LogP contribution < -0.4 is 20.7 Å². The molecule has 1 fully saturated rings. The topological polar surface area (TPSA) is 74.8 Å². The molecule has 3 rings (SSSR count). The number of methoxy groups -OCH3 is 1. The van der Waals surface area contributed by atoms with Crippen LogP contribution in [0.15, 0.2) is 64.5 Å². The van der Waals surface area contributed by atoms with Crippen LogP contribution in [-0.4, -0.2) is 50.4 Å². The van der Waals surface area contributed by atoms with Crippen molar-refractivity contribution in [2.45, 2.75) is 22.5 Å². The van der Waals surface area contributed by atoms with Crippen molar-refractivity contribution in [2.24, 2.45) is 4.99 Å². The summed E-state index contributed by atoms with van der Waals surface area (Å²) >= 11 is 1.93. The normalized spacial score (nSPS) is 14.3. The number of ether oxygens (including phenoxy) is 1. The van der Waals surface area contributed by atoms with Gasteiger partial charge in [-0.2, -0.15) is 0 Å². The van der Waals surface area contributed by atoms with Crippen LogP contribution >= 0.6 is 35.7 Å². The maximum atomic E-state index is 12.2. The Morgan fingerprint density at radius 2 is 1.80 bits per heavy atom. The van der Waals surface area contributed by atoms with Crippen LogP contribution in [0.1, 0.15) is 23.2 Å². The summed E-state index contributed by atoms with van der Waals surface area (Å²) in [6.45, 7) is 1.96. The lowest BCUT2D eigenvalue weighted by atomic mass is 10.2. The largest absolute Gasteiger partial charge is 0.497 e. The van der Waals surface area contributed by atoms with E-state index in [1.165, 1.54) is 17.7 Å². The molecule has 0 spiro atoms. The first-order valence-electron chi connectivity index (χ1n) is 9.75. The van der Waals surface area contributed by atoms with E-state index in [4.69, 9.17) is 4.74 Å². The Kier molecular flexibility index (Phi) is 9.77. The number of carbonyl (C=O) groups is 1. The zero-order valence-corrected chi connectivity index (χ0v) is 20.5. The molecule has 1 amide bonds. The third-order valence-electron chi connectivity index (χ3n) is 4.72. The molecule has 6 nitrogen and oxygen atoms in total. The van der Waals surface area contributed by atoms with Crippen molar-refractivity contribution in [3.63, 3.8) is 0 Å². The van der Waals surface area contributed by atoms with Gasteiger partial charge in [-0.3, -0.25) is 9.79 Å². The second-order valence-electron chi connectivity index (χ2n) is 6.94. The first-order valence-corrected chi connectivity index (χ1v) is 10.6. The molecule has 0 atom stereocenters. The molecule has 0 bridgehead atoms. The highest BCUT2D eigenvalue weighted by Crippen LogP contribution is 2.51. The minimum atomic E-state index is -0.121. The predicted octanol–water partition coefficient (Wildman–Crippen LogP) is 3.53. The second kappa shape index (κ2) is 12.0. The van der Waals surface area contributed by atoms with Crippen LogP contribution in [0.3, 0.4) is 0 Å². The SMILES string of the molecule is CN=C(NCCNC(=O)c1cccc(OC)c1)NCC1(Sc2ccccc2)CC1.I. The minimum Gasteiger partial charge on any atom is -0.497 e. The highest BCUT2D eigenvalue weighted by molar-refractivity contribution is 14.0. The van der Waals surface area contributed by atoms with Gasteiger partial charge in [0, 0.05) is 41.9 Å². The fraction of sp³-hybridized carbons (Fsp3) is 0.364. The zero-order valence-electron chi connectivity index (χ0n) is 17.3. The predicted molar refractivity (Wildman–Crippen MR) is 134 cm³/mol. The van der Waals surface area contributed by atoms with Crippen LogP contribution in [0.2, 0.25) is 0 Å². The van der Waals surface area contributed by atoms with Gasteiger partial charge < -0.3 is 20.7 Å². The van der Waals surface area contributed by atoms with Gasteiger partial charge in [0.25, 0.3) is 5.91 Å². The molecule has 1 aliphatic carbocycles. The monoisotopic (exact) mass is 540 g/mol. The number of rotatable bonds is 9. The van der Waals surface area contributed by atoms with Gasteiger partial charge in [-0.05, 0) is 43.2 Å². The number of hydrogen-bond donors (Lipinski definition) is 3. The van der Waals surface area contributed by atoms with Gasteiger partial charge in [-0.15, -0.1) is 35.7 Å². The highest BCUT2D eigenvalue weighted by Gasteiger charge is 2.43. The van der Waals surface area contributed by atoms with Crippen LogP contribution in [0.5, 0.6) is 5.75 Å². The van der Waals surface area contributed by atoms with Crippen LogP contribution in [0.4, 0.5) is 0 Å². The summed E-state index contributed by atoms with van der Waals surface area (Å²) in [6.07, 6.45) is 2.40. The summed E-state index contributed by atoms with van der Waals surface area (Å²) in [5.41, 5.74) is 0.584. The van der Waals surface area contributed by atoms with E-state index >= 15 is 0 Å². The van der Waals surface area contributed by atoms with Crippen molar-refractivity contribution in [3.8, 4) is 5.75 Å². The van der Waals surface area contributed by atoms with E-state index in [0.29, 0.717) is 24.4 Å². The summed E-state index contributed by atoms with van der Waals surface area (Å²) in [5.74, 6) is 1.30. The van der Waals surface area contributed by atoms with E-state index in [9.17, 15) is 4.79 Å². The molecule has 0 heterocycles. The molecule has 0 unspecified atom stereocenters. The number of carbonyl (C=O) groups excluding carboxylic acids is 1. The molecular formula is C22H29IN4O2S. The summed E-state index contributed by atoms with van der Waals surface area (Å²) < 4.78 is 5.40. The van der Waals surface area contributed by atoms with E-state index in [2.05, 4.69) is 45.2 Å². The summed E-state index contributed by atoms with van der Waals surface area (Å²) in [4.78, 5) is 17.8. The Balaban J connectivity index is 0.00000320. The van der Waals surface area contributed by atoms with Gasteiger partial charge >= 0.3 is 0 Å². The minimum absolute atomic E-state index is 0. The van der Waals surface area contributed by atoms with Crippen molar-refractivity contribution in [3.05, 3.63) is 60.2 Å². The molecule has 2 aromatic carbocycles. The zero-order chi connectivity index (χ0) is 20.5. The Morgan fingerprint density at radius 1 is 1.07 bits per heavy atom. The Morgan fingerprint density at radius 3 is 2.47 bits per heavy atom. The summed E-state index contributed by atoms with van der Waals surface area (Å²) in [5, 5.41) is 9.57. The van der Waals surface area contributed by atoms with E-state index in [1.54, 1.807) is 32.4 Å². The molecule has 30 heavy (non-hydrogen) atoms. The Hall–Kier alpha value is -1.94. The van der Waals surface area contributed by atoms with Gasteiger partial charge in [0.2, 0.25) is 0 Å². The number of nitrogens with zero attached hydrogens (tertiary/aromatic N) is 1. The standard InChI is InChI=1S/C22H28N4O2S.HI/c1-23-21(26-16-22(11-12-22)29-19-9-4-3-5-10-19)25-14-13-24-20(27)17-7-6-8-18(15-17)28-2;/h3-10,15H,11-14,16H2,1-2H3,(H,24,27)(H2,23,25,26);1H. The number of nitrogens with one attached hydrogen (secondary N) is 3. The Labute approximate surface area is 199 Å². The number of guanidine groups is 1. The molecule has 3 N–H and O–H groups in total. The third-order valence-corrected chi connectivity index (χ3v) is 6.22. The van der Waals surface area contributed by atoms with E-state index in [1.807, 2.05) is 23.9 Å². The molecule has 0 saturated heterocycles. The molecule has 0 aromatic heterocycles. The number of benzene rings is 2. The number of halogens is 1. The quantitative estimate of drug-likeness (QED) is 0.197. The highest BCUT2D eigenvalue weighted by atomic mass is 127. The molecule has 2 aromatic rings. The molecule has 1 saturated carbocycles. The smallest absolute Gasteiger partial charge is 0.251 e. The lowest BCUT2D eigenvalue weighted by Gasteiger charge is -2.18. The van der Waals surface area contributed by atoms with Crippen LogP contribution in [-0.2, 0) is 0 Å². The summed E-state index contributed by atoms with van der Waals surface area (Å²) in [7, 11) is 3.34. The fourth-order valence-electron chi connectivity index (χ4n) is 2.88. The molecule has 1 aliphatic rings. The maximum Gasteiger partial charge on any atom is 0.251 e. The van der Waals surface area contributed by atoms with Gasteiger partial charge in [-0.25, -0.2) is 0 Å². The van der Waals surface area contributed by atoms with Gasteiger partial charge in [-0.1, -0.05) is 24.3 Å². The summed E-state index contributed by atoms with van der Waals surface area (Å²) in [6, 6.07) is 17.6. The van der Waals surface area contributed by atoms with Crippen molar-refractivity contribution >= 4 is 47.6 Å². The van der Waals surface area contributed by atoms with Gasteiger partial charge in [0.1, 0.15) is 5.75 Å². The Bertz CT molecular complexity index is 844. The second-order valence-corrected chi connectivity index (χ2v) is 8.48. The third kappa shape index (κ3) is 7.39. The average molecular weight is 540 g/mol. The van der Waals surface area contributed by atoms with E-state index < -0.39 is 0 Å². The van der Waals surface area contributed by atoms with E-state index in [-0.39, 0.29) is 34.6 Å². The van der Waals surface area contributed by atoms with E-state index in [0.717, 1.165) is 12.5 Å². The lowest BCUT2D eigenvalue weighted by molar-refractivity contribution is 0.0954. The van der Waals surface area contributed by atoms with Crippen LogP contribution in [0, 0.1) is 0 Å². The average Bonchev–Trinajstić information content (AvgIpc) is 3.53. The van der Waals surface area contributed by atoms with Gasteiger partial charge in [0.15, 0.2) is 5.96 Å². The fourth-order valence-corrected chi connectivity index (χ4v) is 4.13.